The summed E-state index contributed by atoms with van der Waals surface area (Å²) in [5.74, 6) is 3.35. The average Bonchev–Trinajstić information content (AvgIpc) is 2.47. The normalized spacial score (nSPS) is 17.2. The van der Waals surface area contributed by atoms with E-state index in [4.69, 9.17) is 15.9 Å². The van der Waals surface area contributed by atoms with Crippen LogP contribution in [0.4, 0.5) is 0 Å². The van der Waals surface area contributed by atoms with Crippen LogP contribution in [0.1, 0.15) is 25.3 Å². The van der Waals surface area contributed by atoms with Crippen molar-refractivity contribution in [2.45, 2.75) is 26.3 Å². The average molecular weight is 352 g/mol. The predicted octanol–water partition coefficient (Wildman–Crippen LogP) is 3.37. The van der Waals surface area contributed by atoms with Gasteiger partial charge in [-0.05, 0) is 36.5 Å². The maximum Gasteiger partial charge on any atom is 0.148 e. The molecule has 114 valence electrons. The number of terminal acetylenes is 1. The molecule has 1 aliphatic rings. The van der Waals surface area contributed by atoms with Crippen molar-refractivity contribution in [2.75, 3.05) is 26.4 Å². The molecule has 0 spiro atoms. The highest BCUT2D eigenvalue weighted by Gasteiger charge is 2.26. The van der Waals surface area contributed by atoms with Crippen molar-refractivity contribution in [1.29, 1.82) is 0 Å². The van der Waals surface area contributed by atoms with Crippen LogP contribution in [0.2, 0.25) is 0 Å². The summed E-state index contributed by atoms with van der Waals surface area (Å²) in [6.45, 7) is 6.10. The van der Waals surface area contributed by atoms with Crippen LogP contribution in [0.15, 0.2) is 22.7 Å². The van der Waals surface area contributed by atoms with Gasteiger partial charge in [0.15, 0.2) is 0 Å². The predicted molar refractivity (Wildman–Crippen MR) is 88.3 cm³/mol. The molecule has 0 saturated carbocycles. The van der Waals surface area contributed by atoms with Crippen molar-refractivity contribution in [1.82, 2.24) is 5.32 Å². The number of ether oxygens (including phenoxy) is 2. The molecule has 1 aliphatic heterocycles. The number of halogens is 1. The van der Waals surface area contributed by atoms with Crippen LogP contribution in [0.25, 0.3) is 0 Å². The highest BCUT2D eigenvalue weighted by molar-refractivity contribution is 9.10. The van der Waals surface area contributed by atoms with E-state index >= 15 is 0 Å². The van der Waals surface area contributed by atoms with Crippen molar-refractivity contribution in [3.63, 3.8) is 0 Å². The fraction of sp³-hybridized carbons (Fsp3) is 0.529. The van der Waals surface area contributed by atoms with E-state index in [-0.39, 0.29) is 0 Å². The van der Waals surface area contributed by atoms with E-state index in [1.165, 1.54) is 0 Å². The summed E-state index contributed by atoms with van der Waals surface area (Å²) in [6.07, 6.45) is 7.48. The Balaban J connectivity index is 1.92. The minimum Gasteiger partial charge on any atom is -0.481 e. The highest BCUT2D eigenvalue weighted by atomic mass is 79.9. The maximum absolute atomic E-state index is 5.59. The van der Waals surface area contributed by atoms with Crippen molar-refractivity contribution < 1.29 is 9.47 Å². The Morgan fingerprint density at radius 1 is 1.43 bits per heavy atom. The van der Waals surface area contributed by atoms with E-state index in [1.54, 1.807) is 0 Å². The Labute approximate surface area is 135 Å². The van der Waals surface area contributed by atoms with Gasteiger partial charge in [-0.15, -0.1) is 6.42 Å². The summed E-state index contributed by atoms with van der Waals surface area (Å²) in [6, 6.07) is 5.99. The first kappa shape index (κ1) is 16.4. The maximum atomic E-state index is 5.59. The van der Waals surface area contributed by atoms with Gasteiger partial charge in [0.05, 0.1) is 0 Å². The summed E-state index contributed by atoms with van der Waals surface area (Å²) in [7, 11) is 0. The second-order valence-electron chi connectivity index (χ2n) is 5.77. The Hall–Kier alpha value is -1.02. The number of nitrogens with one attached hydrogen (secondary N) is 1. The molecule has 1 aromatic rings. The molecule has 0 aromatic heterocycles. The van der Waals surface area contributed by atoms with Gasteiger partial charge in [-0.1, -0.05) is 28.8 Å². The van der Waals surface area contributed by atoms with Crippen molar-refractivity contribution in [2.24, 2.45) is 5.41 Å². The van der Waals surface area contributed by atoms with E-state index in [1.807, 2.05) is 12.1 Å². The molecule has 0 atom stereocenters. The molecule has 0 bridgehead atoms. The molecule has 0 amide bonds. The first-order valence-corrected chi connectivity index (χ1v) is 8.05. The van der Waals surface area contributed by atoms with Gasteiger partial charge >= 0.3 is 0 Å². The zero-order valence-corrected chi connectivity index (χ0v) is 14.0. The monoisotopic (exact) mass is 351 g/mol. The molecule has 0 aliphatic carbocycles. The molecule has 0 unspecified atom stereocenters. The summed E-state index contributed by atoms with van der Waals surface area (Å²) < 4.78 is 12.1. The minimum absolute atomic E-state index is 0.295. The molecule has 1 aromatic carbocycles. The van der Waals surface area contributed by atoms with E-state index in [0.29, 0.717) is 12.0 Å². The third-order valence-electron chi connectivity index (χ3n) is 3.90. The van der Waals surface area contributed by atoms with Gasteiger partial charge in [0, 0.05) is 36.3 Å². The molecule has 1 N–H and O–H groups in total. The molecular formula is C17H22BrNO2. The quantitative estimate of drug-likeness (QED) is 0.797. The fourth-order valence-corrected chi connectivity index (χ4v) is 2.89. The number of hydrogen-bond acceptors (Lipinski definition) is 3. The Bertz CT molecular complexity index is 504. The molecule has 4 heteroatoms. The lowest BCUT2D eigenvalue weighted by Crippen LogP contribution is -2.36. The SMILES string of the molecule is C#CCOc1ccc(Br)cc1CNCC1(C)CCOCC1. The highest BCUT2D eigenvalue weighted by Crippen LogP contribution is 2.29. The lowest BCUT2D eigenvalue weighted by molar-refractivity contribution is 0.0240. The molecule has 1 heterocycles. The van der Waals surface area contributed by atoms with Gasteiger partial charge < -0.3 is 14.8 Å². The number of hydrogen-bond donors (Lipinski definition) is 1. The van der Waals surface area contributed by atoms with Crippen LogP contribution in [0, 0.1) is 17.8 Å². The lowest BCUT2D eigenvalue weighted by atomic mass is 9.82. The Kier molecular flexibility index (Phi) is 6.10. The van der Waals surface area contributed by atoms with Crippen LogP contribution in [0.5, 0.6) is 5.75 Å². The summed E-state index contributed by atoms with van der Waals surface area (Å²) in [5, 5.41) is 3.55. The number of rotatable bonds is 6. The van der Waals surface area contributed by atoms with E-state index in [9.17, 15) is 0 Å². The minimum atomic E-state index is 0.295. The van der Waals surface area contributed by atoms with Gasteiger partial charge in [-0.2, -0.15) is 0 Å². The lowest BCUT2D eigenvalue weighted by Gasteiger charge is -2.33. The second kappa shape index (κ2) is 7.84. The van der Waals surface area contributed by atoms with Crippen LogP contribution in [-0.2, 0) is 11.3 Å². The standard InChI is InChI=1S/C17H22BrNO2/c1-3-8-21-16-5-4-15(18)11-14(16)12-19-13-17(2)6-9-20-10-7-17/h1,4-5,11,19H,6-10,12-13H2,2H3. The zero-order valence-electron chi connectivity index (χ0n) is 12.5. The fourth-order valence-electron chi connectivity index (χ4n) is 2.49. The number of benzene rings is 1. The van der Waals surface area contributed by atoms with Crippen LogP contribution >= 0.6 is 15.9 Å². The largest absolute Gasteiger partial charge is 0.481 e. The summed E-state index contributed by atoms with van der Waals surface area (Å²) >= 11 is 3.50. The van der Waals surface area contributed by atoms with Gasteiger partial charge in [-0.3, -0.25) is 0 Å². The van der Waals surface area contributed by atoms with Crippen LogP contribution in [-0.4, -0.2) is 26.4 Å². The third-order valence-corrected chi connectivity index (χ3v) is 4.39. The Morgan fingerprint density at radius 3 is 2.90 bits per heavy atom. The van der Waals surface area contributed by atoms with Gasteiger partial charge in [-0.25, -0.2) is 0 Å². The van der Waals surface area contributed by atoms with E-state index < -0.39 is 0 Å². The first-order valence-electron chi connectivity index (χ1n) is 7.26. The van der Waals surface area contributed by atoms with Crippen LogP contribution in [0.3, 0.4) is 0 Å². The van der Waals surface area contributed by atoms with Gasteiger partial charge in [0.1, 0.15) is 12.4 Å². The van der Waals surface area contributed by atoms with Gasteiger partial charge in [0.25, 0.3) is 0 Å². The summed E-state index contributed by atoms with van der Waals surface area (Å²) in [4.78, 5) is 0. The molecule has 21 heavy (non-hydrogen) atoms. The zero-order chi connectivity index (χ0) is 15.1. The van der Waals surface area contributed by atoms with Gasteiger partial charge in [0.2, 0.25) is 0 Å². The molecular weight excluding hydrogens is 330 g/mol. The molecule has 2 rings (SSSR count). The van der Waals surface area contributed by atoms with E-state index in [2.05, 4.69) is 40.2 Å². The molecule has 1 fully saturated rings. The van der Waals surface area contributed by atoms with Crippen molar-refractivity contribution in [3.8, 4) is 18.1 Å². The smallest absolute Gasteiger partial charge is 0.148 e. The Morgan fingerprint density at radius 2 is 2.19 bits per heavy atom. The van der Waals surface area contributed by atoms with Crippen LogP contribution < -0.4 is 10.1 Å². The molecule has 1 saturated heterocycles. The molecule has 0 radical (unpaired) electrons. The van der Waals surface area contributed by atoms with Crippen molar-refractivity contribution >= 4 is 15.9 Å². The topological polar surface area (TPSA) is 30.5 Å². The van der Waals surface area contributed by atoms with E-state index in [0.717, 1.165) is 54.9 Å². The first-order chi connectivity index (χ1) is 10.1. The third kappa shape index (κ3) is 5.03. The molecule has 3 nitrogen and oxygen atoms in total. The summed E-state index contributed by atoms with van der Waals surface area (Å²) in [5.41, 5.74) is 1.44. The van der Waals surface area contributed by atoms with Crippen molar-refractivity contribution in [3.05, 3.63) is 28.2 Å². The second-order valence-corrected chi connectivity index (χ2v) is 6.69.